The summed E-state index contributed by atoms with van der Waals surface area (Å²) >= 11 is 0. The van der Waals surface area contributed by atoms with E-state index in [9.17, 15) is 0 Å². The van der Waals surface area contributed by atoms with E-state index in [0.717, 1.165) is 67.5 Å². The molecule has 1 heterocycles. The van der Waals surface area contributed by atoms with E-state index in [1.807, 2.05) is 28.9 Å². The average Bonchev–Trinajstić information content (AvgIpc) is 3.79. The Bertz CT molecular complexity index is 2960. The van der Waals surface area contributed by atoms with Gasteiger partial charge in [-0.15, -0.1) is 5.10 Å². The highest BCUT2D eigenvalue weighted by molar-refractivity contribution is 5.92. The van der Waals surface area contributed by atoms with Crippen LogP contribution in [0.1, 0.15) is 0 Å². The van der Waals surface area contributed by atoms with Crippen LogP contribution in [0, 0.1) is 0 Å². The van der Waals surface area contributed by atoms with Gasteiger partial charge >= 0.3 is 0 Å². The topological polar surface area (TPSA) is 34.0 Å². The first kappa shape index (κ1) is 36.3. The monoisotopic (exact) mass is 768 g/mol. The zero-order chi connectivity index (χ0) is 40.1. The second kappa shape index (κ2) is 16.4. The van der Waals surface area contributed by atoms with E-state index in [0.29, 0.717) is 5.82 Å². The first-order valence-corrected chi connectivity index (χ1v) is 20.3. The van der Waals surface area contributed by atoms with Crippen molar-refractivity contribution in [1.82, 2.24) is 14.8 Å². The molecule has 0 amide bonds. The molecule has 284 valence electrons. The largest absolute Gasteiger partial charge is 0.311 e. The van der Waals surface area contributed by atoms with Crippen LogP contribution in [0.3, 0.4) is 0 Å². The summed E-state index contributed by atoms with van der Waals surface area (Å²) in [6.07, 6.45) is 0. The fourth-order valence-electron chi connectivity index (χ4n) is 7.97. The zero-order valence-corrected chi connectivity index (χ0v) is 32.9. The number of hydrogen-bond donors (Lipinski definition) is 0. The lowest BCUT2D eigenvalue weighted by atomic mass is 9.89. The zero-order valence-electron chi connectivity index (χ0n) is 32.9. The maximum Gasteiger partial charge on any atom is 0.182 e. The smallest absolute Gasteiger partial charge is 0.182 e. The molecule has 0 saturated heterocycles. The highest BCUT2D eigenvalue weighted by Gasteiger charge is 2.18. The second-order valence-corrected chi connectivity index (χ2v) is 14.7. The van der Waals surface area contributed by atoms with Crippen LogP contribution in [0.2, 0.25) is 0 Å². The molecular formula is C56H40N4. The minimum absolute atomic E-state index is 0.683. The average molecular weight is 769 g/mol. The summed E-state index contributed by atoms with van der Waals surface area (Å²) in [6.45, 7) is 0. The molecule has 10 rings (SSSR count). The molecule has 4 nitrogen and oxygen atoms in total. The van der Waals surface area contributed by atoms with Crippen LogP contribution in [0.5, 0.6) is 0 Å². The third-order valence-corrected chi connectivity index (χ3v) is 10.9. The maximum atomic E-state index is 5.13. The van der Waals surface area contributed by atoms with Crippen molar-refractivity contribution in [3.63, 3.8) is 0 Å². The number of rotatable bonds is 10. The molecular weight excluding hydrogens is 729 g/mol. The molecule has 0 spiro atoms. The molecule has 0 fully saturated rings. The van der Waals surface area contributed by atoms with Crippen molar-refractivity contribution in [3.8, 4) is 73.0 Å². The van der Waals surface area contributed by atoms with E-state index in [-0.39, 0.29) is 0 Å². The minimum Gasteiger partial charge on any atom is -0.311 e. The Hall–Kier alpha value is -8.08. The Kier molecular flexibility index (Phi) is 9.92. The SMILES string of the molecule is c1ccc(-c2cccc(-c3nc(-c4ccccc4)nn3-c3ccc(-c4ccccc4-c4ccccc4-c4ccc(N(c5ccccc5)c5ccccc5)cc4)cc3)c2)cc1. The van der Waals surface area contributed by atoms with Crippen molar-refractivity contribution < 1.29 is 0 Å². The van der Waals surface area contributed by atoms with Gasteiger partial charge in [-0.2, -0.15) is 0 Å². The first-order valence-electron chi connectivity index (χ1n) is 20.3. The summed E-state index contributed by atoms with van der Waals surface area (Å²) in [4.78, 5) is 7.42. The Morgan fingerprint density at radius 2 is 0.717 bits per heavy atom. The first-order chi connectivity index (χ1) is 29.8. The normalized spacial score (nSPS) is 11.0. The lowest BCUT2D eigenvalue weighted by molar-refractivity contribution is 0.891. The standard InChI is InChI=1S/C56H40N4/c1-5-18-41(19-6-1)45-22-17-23-46(40-45)56-57-55(44-20-7-2-8-21-44)58-60(56)50-38-34-43(35-39-50)52-29-14-16-31-54(52)53-30-15-13-28-51(53)42-32-36-49(37-33-42)59(47-24-9-3-10-25-47)48-26-11-4-12-27-48/h1-40H. The molecule has 0 radical (unpaired) electrons. The van der Waals surface area contributed by atoms with Crippen molar-refractivity contribution in [2.75, 3.05) is 4.90 Å². The van der Waals surface area contributed by atoms with Crippen LogP contribution in [0.4, 0.5) is 17.1 Å². The van der Waals surface area contributed by atoms with Crippen LogP contribution >= 0.6 is 0 Å². The summed E-state index contributed by atoms with van der Waals surface area (Å²) in [7, 11) is 0. The molecule has 10 aromatic rings. The van der Waals surface area contributed by atoms with E-state index in [1.54, 1.807) is 0 Å². The molecule has 0 atom stereocenters. The Morgan fingerprint density at radius 1 is 0.300 bits per heavy atom. The lowest BCUT2D eigenvalue weighted by Gasteiger charge is -2.25. The number of nitrogens with zero attached hydrogens (tertiary/aromatic N) is 4. The van der Waals surface area contributed by atoms with E-state index < -0.39 is 0 Å². The molecule has 1 aromatic heterocycles. The fraction of sp³-hybridized carbons (Fsp3) is 0. The highest BCUT2D eigenvalue weighted by atomic mass is 15.4. The predicted molar refractivity (Wildman–Crippen MR) is 249 cm³/mol. The van der Waals surface area contributed by atoms with E-state index in [4.69, 9.17) is 10.1 Å². The third kappa shape index (κ3) is 7.30. The van der Waals surface area contributed by atoms with Crippen LogP contribution in [-0.2, 0) is 0 Å². The van der Waals surface area contributed by atoms with Gasteiger partial charge in [0.1, 0.15) is 0 Å². The van der Waals surface area contributed by atoms with Gasteiger partial charge in [-0.1, -0.05) is 188 Å². The van der Waals surface area contributed by atoms with Gasteiger partial charge in [-0.3, -0.25) is 0 Å². The van der Waals surface area contributed by atoms with Crippen molar-refractivity contribution in [1.29, 1.82) is 0 Å². The number of hydrogen-bond acceptors (Lipinski definition) is 3. The minimum atomic E-state index is 0.683. The molecule has 0 unspecified atom stereocenters. The number of anilines is 3. The van der Waals surface area contributed by atoms with E-state index in [2.05, 4.69) is 223 Å². The Labute approximate surface area is 351 Å². The number of benzene rings is 9. The van der Waals surface area contributed by atoms with Crippen LogP contribution in [-0.4, -0.2) is 14.8 Å². The molecule has 0 saturated carbocycles. The van der Waals surface area contributed by atoms with Gasteiger partial charge in [0, 0.05) is 28.2 Å². The van der Waals surface area contributed by atoms with Gasteiger partial charge in [0.05, 0.1) is 5.69 Å². The maximum absolute atomic E-state index is 5.13. The third-order valence-electron chi connectivity index (χ3n) is 10.9. The van der Waals surface area contributed by atoms with Crippen LogP contribution in [0.25, 0.3) is 73.0 Å². The van der Waals surface area contributed by atoms with Crippen LogP contribution in [0.15, 0.2) is 243 Å². The van der Waals surface area contributed by atoms with Crippen molar-refractivity contribution >= 4 is 17.1 Å². The quantitative estimate of drug-likeness (QED) is 0.139. The van der Waals surface area contributed by atoms with E-state index in [1.165, 1.54) is 16.7 Å². The summed E-state index contributed by atoms with van der Waals surface area (Å²) in [6, 6.07) is 85.2. The molecule has 0 N–H and O–H groups in total. The second-order valence-electron chi connectivity index (χ2n) is 14.7. The fourth-order valence-corrected chi connectivity index (χ4v) is 7.97. The van der Waals surface area contributed by atoms with Gasteiger partial charge in [-0.05, 0) is 99.1 Å². The molecule has 60 heavy (non-hydrogen) atoms. The van der Waals surface area contributed by atoms with Crippen molar-refractivity contribution in [2.45, 2.75) is 0 Å². The molecule has 0 aliphatic rings. The van der Waals surface area contributed by atoms with E-state index >= 15 is 0 Å². The van der Waals surface area contributed by atoms with Crippen molar-refractivity contribution in [3.05, 3.63) is 243 Å². The summed E-state index contributed by atoms with van der Waals surface area (Å²) in [5.74, 6) is 1.47. The van der Waals surface area contributed by atoms with Crippen LogP contribution < -0.4 is 4.90 Å². The molecule has 0 aliphatic heterocycles. The highest BCUT2D eigenvalue weighted by Crippen LogP contribution is 2.41. The van der Waals surface area contributed by atoms with Gasteiger partial charge < -0.3 is 4.90 Å². The lowest BCUT2D eigenvalue weighted by Crippen LogP contribution is -2.09. The summed E-state index contributed by atoms with van der Waals surface area (Å²) in [5, 5.41) is 5.10. The van der Waals surface area contributed by atoms with Crippen molar-refractivity contribution in [2.24, 2.45) is 0 Å². The van der Waals surface area contributed by atoms with Gasteiger partial charge in [0.25, 0.3) is 0 Å². The van der Waals surface area contributed by atoms with Gasteiger partial charge in [0.2, 0.25) is 0 Å². The van der Waals surface area contributed by atoms with Gasteiger partial charge in [0.15, 0.2) is 11.6 Å². The Morgan fingerprint density at radius 3 is 1.27 bits per heavy atom. The number of aromatic nitrogens is 3. The summed E-state index contributed by atoms with van der Waals surface area (Å²) < 4.78 is 1.97. The predicted octanol–water partition coefficient (Wildman–Crippen LogP) is 14.7. The molecule has 0 bridgehead atoms. The molecule has 0 aliphatic carbocycles. The van der Waals surface area contributed by atoms with Gasteiger partial charge in [-0.25, -0.2) is 9.67 Å². The Balaban J connectivity index is 1.000. The molecule has 4 heteroatoms. The summed E-state index contributed by atoms with van der Waals surface area (Å²) in [5.41, 5.74) is 15.5. The number of para-hydroxylation sites is 2. The molecule has 9 aromatic carbocycles.